The van der Waals surface area contributed by atoms with E-state index in [2.05, 4.69) is 6.55 Å². The summed E-state index contributed by atoms with van der Waals surface area (Å²) in [5, 5.41) is 0.929. The SMILES string of the molecule is CCO[Si](C)(OCC)c1c(OC(C)(C)C)cccc1OC(C)(C)C. The maximum absolute atomic E-state index is 6.22. The normalized spacial score (nSPS) is 13.0. The second kappa shape index (κ2) is 7.89. The summed E-state index contributed by atoms with van der Waals surface area (Å²) in [5.41, 5.74) is -0.633. The Morgan fingerprint density at radius 3 is 1.46 bits per heavy atom. The van der Waals surface area contributed by atoms with Crippen LogP contribution < -0.4 is 14.7 Å². The van der Waals surface area contributed by atoms with Crippen molar-refractivity contribution in [2.45, 2.75) is 73.1 Å². The summed E-state index contributed by atoms with van der Waals surface area (Å²) in [5.74, 6) is 1.56. The van der Waals surface area contributed by atoms with Crippen LogP contribution in [0.25, 0.3) is 0 Å². The molecule has 0 aliphatic rings. The number of rotatable bonds is 7. The van der Waals surface area contributed by atoms with Crippen LogP contribution >= 0.6 is 0 Å². The summed E-state index contributed by atoms with van der Waals surface area (Å²) in [7, 11) is -2.66. The molecule has 0 unspecified atom stereocenters. The zero-order chi connectivity index (χ0) is 18.6. The molecule has 5 heteroatoms. The molecule has 0 amide bonds. The van der Waals surface area contributed by atoms with Crippen LogP contribution in [0.4, 0.5) is 0 Å². The van der Waals surface area contributed by atoms with Gasteiger partial charge < -0.3 is 18.3 Å². The number of benzene rings is 1. The average molecular weight is 355 g/mol. The molecule has 0 saturated carbocycles. The predicted octanol–water partition coefficient (Wildman–Crippen LogP) is 4.39. The topological polar surface area (TPSA) is 36.9 Å². The number of ether oxygens (including phenoxy) is 2. The van der Waals surface area contributed by atoms with E-state index in [4.69, 9.17) is 18.3 Å². The first-order valence-corrected chi connectivity index (χ1v) is 11.0. The van der Waals surface area contributed by atoms with Crippen molar-refractivity contribution in [2.24, 2.45) is 0 Å². The average Bonchev–Trinajstić information content (AvgIpc) is 2.35. The van der Waals surface area contributed by atoms with E-state index in [-0.39, 0.29) is 11.2 Å². The Morgan fingerprint density at radius 2 is 1.17 bits per heavy atom. The summed E-state index contributed by atoms with van der Waals surface area (Å²) in [4.78, 5) is 0. The summed E-state index contributed by atoms with van der Waals surface area (Å²) in [6, 6.07) is 5.90. The summed E-state index contributed by atoms with van der Waals surface area (Å²) in [6.07, 6.45) is 0. The third-order valence-corrected chi connectivity index (χ3v) is 6.19. The maximum Gasteiger partial charge on any atom is 0.376 e. The van der Waals surface area contributed by atoms with E-state index in [1.165, 1.54) is 0 Å². The van der Waals surface area contributed by atoms with E-state index in [0.29, 0.717) is 13.2 Å². The van der Waals surface area contributed by atoms with Crippen molar-refractivity contribution in [1.82, 2.24) is 0 Å². The highest BCUT2D eigenvalue weighted by atomic mass is 28.4. The van der Waals surface area contributed by atoms with Crippen molar-refractivity contribution >= 4 is 13.7 Å². The van der Waals surface area contributed by atoms with E-state index in [1.807, 2.05) is 73.6 Å². The Morgan fingerprint density at radius 1 is 0.792 bits per heavy atom. The molecule has 0 aliphatic carbocycles. The molecular formula is C19H34O4Si. The van der Waals surface area contributed by atoms with E-state index in [9.17, 15) is 0 Å². The molecule has 4 nitrogen and oxygen atoms in total. The van der Waals surface area contributed by atoms with Gasteiger partial charge in [0.1, 0.15) is 22.7 Å². The minimum atomic E-state index is -2.66. The molecule has 138 valence electrons. The summed E-state index contributed by atoms with van der Waals surface area (Å²) in [6.45, 7) is 19.4. The molecule has 1 rings (SSSR count). The molecule has 0 heterocycles. The molecule has 0 fully saturated rings. The smallest absolute Gasteiger partial charge is 0.376 e. The Hall–Kier alpha value is -1.04. The van der Waals surface area contributed by atoms with Crippen LogP contribution in [0, 0.1) is 0 Å². The van der Waals surface area contributed by atoms with Crippen molar-refractivity contribution in [3.8, 4) is 11.5 Å². The van der Waals surface area contributed by atoms with Crippen LogP contribution in [-0.2, 0) is 8.85 Å². The first kappa shape index (κ1) is 21.0. The Bertz CT molecular complexity index is 489. The minimum absolute atomic E-state index is 0.317. The fourth-order valence-electron chi connectivity index (χ4n) is 2.53. The fourth-order valence-corrected chi connectivity index (χ4v) is 5.16. The lowest BCUT2D eigenvalue weighted by molar-refractivity contribution is 0.121. The molecule has 0 N–H and O–H groups in total. The highest BCUT2D eigenvalue weighted by molar-refractivity contribution is 6.81. The fraction of sp³-hybridized carbons (Fsp3) is 0.684. The molecule has 0 atom stereocenters. The van der Waals surface area contributed by atoms with Crippen LogP contribution in [-0.4, -0.2) is 33.0 Å². The van der Waals surface area contributed by atoms with Gasteiger partial charge in [0.15, 0.2) is 0 Å². The van der Waals surface area contributed by atoms with Crippen molar-refractivity contribution in [3.63, 3.8) is 0 Å². The van der Waals surface area contributed by atoms with Gasteiger partial charge in [-0.25, -0.2) is 0 Å². The molecule has 1 aromatic rings. The molecule has 0 aliphatic heterocycles. The monoisotopic (exact) mass is 354 g/mol. The second-order valence-electron chi connectivity index (χ2n) is 7.87. The molecule has 24 heavy (non-hydrogen) atoms. The Balaban J connectivity index is 3.53. The van der Waals surface area contributed by atoms with Crippen molar-refractivity contribution in [3.05, 3.63) is 18.2 Å². The molecular weight excluding hydrogens is 320 g/mol. The van der Waals surface area contributed by atoms with Gasteiger partial charge in [-0.2, -0.15) is 0 Å². The lowest BCUT2D eigenvalue weighted by Crippen LogP contribution is -2.53. The zero-order valence-electron chi connectivity index (χ0n) is 16.8. The molecule has 0 saturated heterocycles. The third kappa shape index (κ3) is 6.11. The van der Waals surface area contributed by atoms with Gasteiger partial charge in [0.25, 0.3) is 0 Å². The molecule has 0 spiro atoms. The molecule has 0 radical (unpaired) electrons. The van der Waals surface area contributed by atoms with Crippen LogP contribution in [0.3, 0.4) is 0 Å². The van der Waals surface area contributed by atoms with Crippen LogP contribution in [0.2, 0.25) is 6.55 Å². The number of hydrogen-bond acceptors (Lipinski definition) is 4. The van der Waals surface area contributed by atoms with Crippen molar-refractivity contribution < 1.29 is 18.3 Å². The van der Waals surface area contributed by atoms with E-state index in [1.54, 1.807) is 0 Å². The van der Waals surface area contributed by atoms with E-state index in [0.717, 1.165) is 16.7 Å². The second-order valence-corrected chi connectivity index (χ2v) is 10.8. The lowest BCUT2D eigenvalue weighted by atomic mass is 10.2. The molecule has 0 aromatic heterocycles. The largest absolute Gasteiger partial charge is 0.488 e. The van der Waals surface area contributed by atoms with Gasteiger partial charge in [-0.05, 0) is 74.1 Å². The van der Waals surface area contributed by atoms with Crippen LogP contribution in [0.1, 0.15) is 55.4 Å². The van der Waals surface area contributed by atoms with E-state index >= 15 is 0 Å². The highest BCUT2D eigenvalue weighted by Gasteiger charge is 2.41. The highest BCUT2D eigenvalue weighted by Crippen LogP contribution is 2.29. The molecule has 1 aromatic carbocycles. The van der Waals surface area contributed by atoms with Crippen molar-refractivity contribution in [1.29, 1.82) is 0 Å². The standard InChI is InChI=1S/C19H34O4Si/c1-10-20-24(9,21-11-2)17-15(22-18(3,4)5)13-12-14-16(17)23-19(6,7)8/h12-14H,10-11H2,1-9H3. The van der Waals surface area contributed by atoms with Gasteiger partial charge in [-0.3, -0.25) is 0 Å². The third-order valence-electron chi connectivity index (χ3n) is 3.11. The van der Waals surface area contributed by atoms with Gasteiger partial charge in [0.05, 0.1) is 5.19 Å². The Kier molecular flexibility index (Phi) is 6.91. The van der Waals surface area contributed by atoms with Gasteiger partial charge in [0, 0.05) is 13.2 Å². The van der Waals surface area contributed by atoms with Gasteiger partial charge >= 0.3 is 8.56 Å². The minimum Gasteiger partial charge on any atom is -0.488 e. The first-order valence-electron chi connectivity index (χ1n) is 8.71. The molecule has 0 bridgehead atoms. The van der Waals surface area contributed by atoms with Crippen LogP contribution in [0.5, 0.6) is 11.5 Å². The quantitative estimate of drug-likeness (QED) is 0.680. The van der Waals surface area contributed by atoms with Gasteiger partial charge in [-0.1, -0.05) is 6.07 Å². The lowest BCUT2D eigenvalue weighted by Gasteiger charge is -2.33. The summed E-state index contributed by atoms with van der Waals surface area (Å²) >= 11 is 0. The van der Waals surface area contributed by atoms with Gasteiger partial charge in [-0.15, -0.1) is 0 Å². The van der Waals surface area contributed by atoms with Crippen LogP contribution in [0.15, 0.2) is 18.2 Å². The predicted molar refractivity (Wildman–Crippen MR) is 102 cm³/mol. The Labute approximate surface area is 148 Å². The van der Waals surface area contributed by atoms with E-state index < -0.39 is 8.56 Å². The maximum atomic E-state index is 6.22. The zero-order valence-corrected chi connectivity index (χ0v) is 17.8. The van der Waals surface area contributed by atoms with Gasteiger partial charge in [0.2, 0.25) is 0 Å². The summed E-state index contributed by atoms with van der Waals surface area (Å²) < 4.78 is 24.7. The first-order chi connectivity index (χ1) is 10.9. The van der Waals surface area contributed by atoms with Crippen molar-refractivity contribution in [2.75, 3.05) is 13.2 Å². The number of hydrogen-bond donors (Lipinski definition) is 0.